The highest BCUT2D eigenvalue weighted by Gasteiger charge is 2.25. The van der Waals surface area contributed by atoms with Crippen LogP contribution in [-0.2, 0) is 0 Å². The molecule has 34 heavy (non-hydrogen) atoms. The molecule has 0 aliphatic rings. The Balaban J connectivity index is 1.61. The van der Waals surface area contributed by atoms with E-state index in [4.69, 9.17) is 11.6 Å². The van der Waals surface area contributed by atoms with Crippen LogP contribution in [0.4, 0.5) is 17.2 Å². The molecule has 0 aliphatic carbocycles. The summed E-state index contributed by atoms with van der Waals surface area (Å²) in [6.07, 6.45) is 2.72. The maximum atomic E-state index is 12.4. The van der Waals surface area contributed by atoms with Crippen LogP contribution in [0.1, 0.15) is 10.4 Å². The van der Waals surface area contributed by atoms with Crippen LogP contribution in [0.2, 0.25) is 5.02 Å². The predicted octanol–water partition coefficient (Wildman–Crippen LogP) is 4.40. The Kier molecular flexibility index (Phi) is 6.47. The van der Waals surface area contributed by atoms with Crippen molar-refractivity contribution >= 4 is 57.4 Å². The highest BCUT2D eigenvalue weighted by atomic mass is 35.5. The number of hydrogen-bond acceptors (Lipinski definition) is 10. The second-order valence-electron chi connectivity index (χ2n) is 6.57. The van der Waals surface area contributed by atoms with Gasteiger partial charge in [0.1, 0.15) is 11.3 Å². The number of nitro benzene ring substituents is 1. The van der Waals surface area contributed by atoms with Gasteiger partial charge in [0.15, 0.2) is 5.03 Å². The van der Waals surface area contributed by atoms with Crippen LogP contribution in [0.5, 0.6) is 0 Å². The molecule has 2 aromatic carbocycles. The van der Waals surface area contributed by atoms with Crippen LogP contribution in [-0.4, -0.2) is 30.7 Å². The normalized spacial score (nSPS) is 10.6. The first kappa shape index (κ1) is 22.8. The maximum Gasteiger partial charge on any atom is 0.345 e. The molecule has 0 spiro atoms. The largest absolute Gasteiger partial charge is 0.345 e. The quantitative estimate of drug-likeness (QED) is 0.212. The Morgan fingerprint density at radius 2 is 1.79 bits per heavy atom. The molecular weight excluding hydrogens is 486 g/mol. The Morgan fingerprint density at radius 1 is 1.00 bits per heavy atom. The summed E-state index contributed by atoms with van der Waals surface area (Å²) < 4.78 is 0. The van der Waals surface area contributed by atoms with E-state index in [2.05, 4.69) is 25.8 Å². The molecule has 0 aliphatic heterocycles. The van der Waals surface area contributed by atoms with Crippen LogP contribution < -0.4 is 10.9 Å². The number of nitro groups is 2. The molecule has 4 aromatic rings. The van der Waals surface area contributed by atoms with E-state index in [-0.39, 0.29) is 21.4 Å². The third kappa shape index (κ3) is 4.69. The van der Waals surface area contributed by atoms with Gasteiger partial charge < -0.3 is 0 Å². The number of carbonyl (C=O) groups excluding carboxylic acids is 1. The predicted molar refractivity (Wildman–Crippen MR) is 124 cm³/mol. The lowest BCUT2D eigenvalue weighted by molar-refractivity contribution is -0.387. The monoisotopic (exact) mass is 497 g/mol. The van der Waals surface area contributed by atoms with Crippen molar-refractivity contribution in [3.05, 3.63) is 91.9 Å². The minimum Gasteiger partial charge on any atom is -0.276 e. The molecule has 12 nitrogen and oxygen atoms in total. The molecule has 0 atom stereocenters. The number of hydrogen-bond donors (Lipinski definition) is 2. The van der Waals surface area contributed by atoms with Crippen LogP contribution in [0.25, 0.3) is 10.9 Å². The van der Waals surface area contributed by atoms with Gasteiger partial charge in [-0.15, -0.1) is 0 Å². The fraction of sp³-hybridized carbons (Fsp3) is 0. The van der Waals surface area contributed by atoms with Gasteiger partial charge in [0.25, 0.3) is 11.6 Å². The summed E-state index contributed by atoms with van der Waals surface area (Å²) in [5, 5.41) is 23.6. The Bertz CT molecular complexity index is 1450. The van der Waals surface area contributed by atoms with Gasteiger partial charge in [-0.3, -0.25) is 40.9 Å². The summed E-state index contributed by atoms with van der Waals surface area (Å²) in [5.74, 6) is -1.06. The van der Waals surface area contributed by atoms with E-state index in [9.17, 15) is 25.0 Å². The van der Waals surface area contributed by atoms with Crippen molar-refractivity contribution in [2.24, 2.45) is 0 Å². The van der Waals surface area contributed by atoms with E-state index in [1.807, 2.05) is 12.1 Å². The van der Waals surface area contributed by atoms with Gasteiger partial charge in [-0.2, -0.15) is 0 Å². The van der Waals surface area contributed by atoms with Gasteiger partial charge in [-0.25, -0.2) is 9.97 Å². The number of aromatic nitrogens is 3. The highest BCUT2D eigenvalue weighted by molar-refractivity contribution is 7.99. The molecule has 170 valence electrons. The van der Waals surface area contributed by atoms with Crippen molar-refractivity contribution < 1.29 is 14.6 Å². The lowest BCUT2D eigenvalue weighted by Gasteiger charge is -2.10. The first-order chi connectivity index (χ1) is 16.3. The summed E-state index contributed by atoms with van der Waals surface area (Å²) in [7, 11) is 0. The molecule has 0 saturated heterocycles. The van der Waals surface area contributed by atoms with Gasteiger partial charge in [0.2, 0.25) is 5.82 Å². The van der Waals surface area contributed by atoms with Crippen molar-refractivity contribution in [2.45, 2.75) is 9.92 Å². The molecule has 2 aromatic heterocycles. The first-order valence-electron chi connectivity index (χ1n) is 9.36. The number of nitrogens with zero attached hydrogens (tertiary/aromatic N) is 5. The van der Waals surface area contributed by atoms with Crippen molar-refractivity contribution in [3.63, 3.8) is 0 Å². The fourth-order valence-electron chi connectivity index (χ4n) is 2.94. The minimum atomic E-state index is -0.792. The summed E-state index contributed by atoms with van der Waals surface area (Å²) in [6, 6.07) is 12.5. The van der Waals surface area contributed by atoms with Crippen molar-refractivity contribution in [1.82, 2.24) is 20.4 Å². The van der Waals surface area contributed by atoms with E-state index >= 15 is 0 Å². The van der Waals surface area contributed by atoms with E-state index in [1.165, 1.54) is 12.1 Å². The lowest BCUT2D eigenvalue weighted by Crippen LogP contribution is -2.30. The summed E-state index contributed by atoms with van der Waals surface area (Å²) in [6.45, 7) is 0. The van der Waals surface area contributed by atoms with E-state index in [0.717, 1.165) is 29.5 Å². The third-order valence-electron chi connectivity index (χ3n) is 4.47. The number of para-hydroxylation sites is 1. The van der Waals surface area contributed by atoms with Crippen molar-refractivity contribution in [3.8, 4) is 0 Å². The van der Waals surface area contributed by atoms with Gasteiger partial charge in [-0.1, -0.05) is 41.6 Å². The molecule has 14 heteroatoms. The first-order valence-corrected chi connectivity index (χ1v) is 10.6. The molecule has 0 radical (unpaired) electrons. The molecular formula is C20H12ClN7O5S. The Morgan fingerprint density at radius 3 is 2.56 bits per heavy atom. The average molecular weight is 498 g/mol. The zero-order chi connectivity index (χ0) is 24.2. The number of pyridine rings is 1. The van der Waals surface area contributed by atoms with Crippen LogP contribution in [0.15, 0.2) is 71.0 Å². The summed E-state index contributed by atoms with van der Waals surface area (Å²) in [4.78, 5) is 46.8. The van der Waals surface area contributed by atoms with E-state index < -0.39 is 27.1 Å². The van der Waals surface area contributed by atoms with E-state index in [1.54, 1.807) is 24.4 Å². The second kappa shape index (κ2) is 9.64. The van der Waals surface area contributed by atoms with Gasteiger partial charge in [0.05, 0.1) is 15.4 Å². The Hall–Kier alpha value is -4.36. The summed E-state index contributed by atoms with van der Waals surface area (Å²) in [5.41, 5.74) is 4.28. The zero-order valence-electron chi connectivity index (χ0n) is 16.8. The van der Waals surface area contributed by atoms with E-state index in [0.29, 0.717) is 10.4 Å². The standard InChI is InChI=1S/C20H12ClN7O5S/c21-13-7-6-12(9-14(13)27(30)31)19(29)26-25-18-17(28(32)33)20(24-10-23-18)34-15-5-1-3-11-4-2-8-22-16(11)15/h1-10H,(H,26,29)(H,23,24,25). The van der Waals surface area contributed by atoms with Crippen LogP contribution in [0, 0.1) is 20.2 Å². The van der Waals surface area contributed by atoms with Crippen LogP contribution >= 0.6 is 23.4 Å². The minimum absolute atomic E-state index is 0.0250. The van der Waals surface area contributed by atoms with Gasteiger partial charge in [-0.05, 0) is 24.3 Å². The number of amides is 1. The number of anilines is 1. The number of benzene rings is 2. The molecule has 0 saturated carbocycles. The number of carbonyl (C=O) groups is 1. The van der Waals surface area contributed by atoms with Crippen LogP contribution in [0.3, 0.4) is 0 Å². The second-order valence-corrected chi connectivity index (χ2v) is 8.01. The number of hydrazine groups is 1. The molecule has 0 unspecified atom stereocenters. The number of fused-ring (bicyclic) bond motifs is 1. The SMILES string of the molecule is O=C(NNc1ncnc(Sc2cccc3cccnc23)c1[N+](=O)[O-])c1ccc(Cl)c([N+](=O)[O-])c1. The molecule has 2 heterocycles. The fourth-order valence-corrected chi connectivity index (χ4v) is 4.11. The van der Waals surface area contributed by atoms with Crippen molar-refractivity contribution in [2.75, 3.05) is 5.43 Å². The summed E-state index contributed by atoms with van der Waals surface area (Å²) >= 11 is 6.78. The topological polar surface area (TPSA) is 166 Å². The number of halogens is 1. The third-order valence-corrected chi connectivity index (χ3v) is 5.83. The number of nitrogens with one attached hydrogen (secondary N) is 2. The highest BCUT2D eigenvalue weighted by Crippen LogP contribution is 2.38. The Labute approximate surface area is 199 Å². The smallest absolute Gasteiger partial charge is 0.276 e. The van der Waals surface area contributed by atoms with Gasteiger partial charge in [0, 0.05) is 28.1 Å². The molecule has 1 amide bonds. The molecule has 0 fully saturated rings. The number of rotatable bonds is 7. The molecule has 0 bridgehead atoms. The molecule has 4 rings (SSSR count). The average Bonchev–Trinajstić information content (AvgIpc) is 2.82. The zero-order valence-corrected chi connectivity index (χ0v) is 18.4. The maximum absolute atomic E-state index is 12.4. The van der Waals surface area contributed by atoms with Gasteiger partial charge >= 0.3 is 5.69 Å². The van der Waals surface area contributed by atoms with Crippen molar-refractivity contribution in [1.29, 1.82) is 0 Å². The molecule has 2 N–H and O–H groups in total. The lowest BCUT2D eigenvalue weighted by atomic mass is 10.2.